The van der Waals surface area contributed by atoms with Gasteiger partial charge in [-0.3, -0.25) is 0 Å². The number of hydrogen-bond donors (Lipinski definition) is 2. The first kappa shape index (κ1) is 18.9. The quantitative estimate of drug-likeness (QED) is 0.418. The second kappa shape index (κ2) is 8.50. The van der Waals surface area contributed by atoms with Gasteiger partial charge in [-0.2, -0.15) is 0 Å². The number of ether oxygens (including phenoxy) is 1. The first-order chi connectivity index (χ1) is 10.0. The molecule has 1 aromatic heterocycles. The minimum Gasteiger partial charge on any atom is -0.497 e. The van der Waals surface area contributed by atoms with Gasteiger partial charge in [0, 0.05) is 24.5 Å². The lowest BCUT2D eigenvalue weighted by Gasteiger charge is -2.07. The lowest BCUT2D eigenvalue weighted by molar-refractivity contribution is 0.415. The van der Waals surface area contributed by atoms with Gasteiger partial charge < -0.3 is 20.4 Å². The maximum Gasteiger partial charge on any atom is 0.193 e. The first-order valence-corrected chi connectivity index (χ1v) is 6.97. The van der Waals surface area contributed by atoms with E-state index in [-0.39, 0.29) is 24.0 Å². The Morgan fingerprint density at radius 3 is 2.68 bits per heavy atom. The van der Waals surface area contributed by atoms with E-state index in [1.165, 1.54) is 0 Å². The van der Waals surface area contributed by atoms with Crippen LogP contribution in [0.4, 0.5) is 5.69 Å². The fraction of sp³-hybridized carbons (Fsp3) is 0.214. The summed E-state index contributed by atoms with van der Waals surface area (Å²) in [7, 11) is 3.43. The predicted molar refractivity (Wildman–Crippen MR) is 103 cm³/mol. The molecule has 0 radical (unpaired) electrons. The van der Waals surface area contributed by atoms with E-state index in [0.717, 1.165) is 17.1 Å². The minimum atomic E-state index is 0. The summed E-state index contributed by atoms with van der Waals surface area (Å²) in [4.78, 5) is 4.26. The molecule has 0 unspecified atom stereocenters. The average molecular weight is 455 g/mol. The first-order valence-electron chi connectivity index (χ1n) is 6.22. The van der Waals surface area contributed by atoms with E-state index in [2.05, 4.69) is 10.3 Å². The van der Waals surface area contributed by atoms with Gasteiger partial charge in [0.1, 0.15) is 10.9 Å². The zero-order valence-electron chi connectivity index (χ0n) is 12.1. The number of methoxy groups -OCH3 is 1. The van der Waals surface area contributed by atoms with Crippen molar-refractivity contribution in [1.82, 2.24) is 4.57 Å². The highest BCUT2D eigenvalue weighted by Crippen LogP contribution is 2.25. The molecule has 0 spiro atoms. The number of rotatable bonds is 4. The molecular formula is C14H17Cl2IN4O. The second-order valence-corrected chi connectivity index (χ2v) is 5.16. The third-order valence-corrected chi connectivity index (χ3v) is 3.81. The number of halogens is 3. The molecule has 0 atom stereocenters. The van der Waals surface area contributed by atoms with Crippen LogP contribution in [0.2, 0.25) is 10.2 Å². The van der Waals surface area contributed by atoms with Gasteiger partial charge in [-0.1, -0.05) is 29.3 Å². The van der Waals surface area contributed by atoms with Gasteiger partial charge in [0.25, 0.3) is 0 Å². The predicted octanol–water partition coefficient (Wildman–Crippen LogP) is 3.89. The number of nitrogens with zero attached hydrogens (tertiary/aromatic N) is 2. The van der Waals surface area contributed by atoms with Crippen LogP contribution in [0, 0.1) is 0 Å². The summed E-state index contributed by atoms with van der Waals surface area (Å²) in [5.74, 6) is 1.05. The Morgan fingerprint density at radius 2 is 2.09 bits per heavy atom. The summed E-state index contributed by atoms with van der Waals surface area (Å²) in [6, 6.07) is 9.20. The standard InChI is InChI=1S/C14H16Cl2N4O.HI/c1-20-10(7-12(15)13(20)16)8-18-14(17)19-9-4-3-5-11(6-9)21-2;/h3-7H,8H2,1-2H3,(H3,17,18,19);1H. The number of anilines is 1. The number of hydrogen-bond acceptors (Lipinski definition) is 2. The van der Waals surface area contributed by atoms with Crippen molar-refractivity contribution in [2.24, 2.45) is 17.8 Å². The highest BCUT2D eigenvalue weighted by molar-refractivity contribution is 14.0. The van der Waals surface area contributed by atoms with E-state index in [9.17, 15) is 0 Å². The lowest BCUT2D eigenvalue weighted by atomic mass is 10.3. The molecule has 3 N–H and O–H groups in total. The maximum atomic E-state index is 6.00. The molecule has 0 aliphatic carbocycles. The lowest BCUT2D eigenvalue weighted by Crippen LogP contribution is -2.22. The molecule has 5 nitrogen and oxygen atoms in total. The molecule has 0 amide bonds. The molecule has 0 aliphatic rings. The molecule has 1 heterocycles. The number of nitrogens with one attached hydrogen (secondary N) is 1. The number of benzene rings is 1. The molecule has 22 heavy (non-hydrogen) atoms. The number of nitrogens with two attached hydrogens (primary N) is 1. The summed E-state index contributed by atoms with van der Waals surface area (Å²) >= 11 is 11.9. The van der Waals surface area contributed by atoms with Crippen molar-refractivity contribution in [3.05, 3.63) is 46.2 Å². The van der Waals surface area contributed by atoms with E-state index in [0.29, 0.717) is 22.7 Å². The van der Waals surface area contributed by atoms with Crippen LogP contribution in [0.1, 0.15) is 5.69 Å². The maximum absolute atomic E-state index is 6.00. The Morgan fingerprint density at radius 1 is 1.36 bits per heavy atom. The van der Waals surface area contributed by atoms with Gasteiger partial charge in [0.15, 0.2) is 5.96 Å². The van der Waals surface area contributed by atoms with E-state index >= 15 is 0 Å². The summed E-state index contributed by atoms with van der Waals surface area (Å²) < 4.78 is 6.91. The van der Waals surface area contributed by atoms with Crippen molar-refractivity contribution in [1.29, 1.82) is 0 Å². The molecule has 2 aromatic rings. The fourth-order valence-corrected chi connectivity index (χ4v) is 2.21. The fourth-order valence-electron chi connectivity index (χ4n) is 1.80. The van der Waals surface area contributed by atoms with Crippen LogP contribution in [0.3, 0.4) is 0 Å². The van der Waals surface area contributed by atoms with Crippen LogP contribution in [0.25, 0.3) is 0 Å². The monoisotopic (exact) mass is 454 g/mol. The van der Waals surface area contributed by atoms with Crippen LogP contribution in [0.5, 0.6) is 5.75 Å². The molecule has 8 heteroatoms. The highest BCUT2D eigenvalue weighted by Gasteiger charge is 2.08. The van der Waals surface area contributed by atoms with Gasteiger partial charge in [-0.15, -0.1) is 24.0 Å². The van der Waals surface area contributed by atoms with Gasteiger partial charge in [0.05, 0.1) is 18.7 Å². The molecule has 0 saturated heterocycles. The van der Waals surface area contributed by atoms with Gasteiger partial charge in [0.2, 0.25) is 0 Å². The molecule has 1 aromatic carbocycles. The Hall–Kier alpha value is -1.12. The highest BCUT2D eigenvalue weighted by atomic mass is 127. The molecular weight excluding hydrogens is 438 g/mol. The van der Waals surface area contributed by atoms with Crippen molar-refractivity contribution in [3.63, 3.8) is 0 Å². The molecule has 0 saturated carbocycles. The Balaban J connectivity index is 0.00000242. The molecule has 0 aliphatic heterocycles. The van der Waals surface area contributed by atoms with Crippen molar-refractivity contribution >= 4 is 58.8 Å². The molecule has 120 valence electrons. The van der Waals surface area contributed by atoms with E-state index in [4.69, 9.17) is 33.7 Å². The summed E-state index contributed by atoms with van der Waals surface area (Å²) in [5, 5.41) is 3.99. The van der Waals surface area contributed by atoms with E-state index in [1.807, 2.05) is 31.3 Å². The van der Waals surface area contributed by atoms with Gasteiger partial charge in [-0.05, 0) is 18.2 Å². The summed E-state index contributed by atoms with van der Waals surface area (Å²) in [6.45, 7) is 0.381. The Labute approximate surface area is 156 Å². The summed E-state index contributed by atoms with van der Waals surface area (Å²) in [5.41, 5.74) is 7.54. The number of aromatic nitrogens is 1. The van der Waals surface area contributed by atoms with E-state index in [1.54, 1.807) is 17.7 Å². The number of aliphatic imine (C=N–C) groups is 1. The third-order valence-electron chi connectivity index (χ3n) is 2.97. The smallest absolute Gasteiger partial charge is 0.193 e. The van der Waals surface area contributed by atoms with E-state index < -0.39 is 0 Å². The van der Waals surface area contributed by atoms with Gasteiger partial charge >= 0.3 is 0 Å². The number of guanidine groups is 1. The van der Waals surface area contributed by atoms with Crippen LogP contribution in [-0.4, -0.2) is 17.6 Å². The third kappa shape index (κ3) is 4.69. The van der Waals surface area contributed by atoms with Crippen LogP contribution < -0.4 is 15.8 Å². The average Bonchev–Trinajstić information content (AvgIpc) is 2.72. The van der Waals surface area contributed by atoms with Gasteiger partial charge in [-0.25, -0.2) is 4.99 Å². The Bertz CT molecular complexity index is 673. The van der Waals surface area contributed by atoms with Crippen molar-refractivity contribution in [2.45, 2.75) is 6.54 Å². The zero-order valence-corrected chi connectivity index (χ0v) is 16.0. The zero-order chi connectivity index (χ0) is 15.4. The van der Waals surface area contributed by atoms with Crippen LogP contribution in [-0.2, 0) is 13.6 Å². The normalized spacial score (nSPS) is 11.0. The SMILES string of the molecule is COc1cccc(NC(N)=NCc2cc(Cl)c(Cl)n2C)c1.I. The topological polar surface area (TPSA) is 64.6 Å². The summed E-state index contributed by atoms with van der Waals surface area (Å²) in [6.07, 6.45) is 0. The molecule has 2 rings (SSSR count). The van der Waals surface area contributed by atoms with Crippen molar-refractivity contribution in [3.8, 4) is 5.75 Å². The second-order valence-electron chi connectivity index (χ2n) is 4.39. The largest absolute Gasteiger partial charge is 0.497 e. The van der Waals surface area contributed by atoms with Crippen molar-refractivity contribution in [2.75, 3.05) is 12.4 Å². The van der Waals surface area contributed by atoms with Crippen LogP contribution >= 0.6 is 47.2 Å². The van der Waals surface area contributed by atoms with Crippen molar-refractivity contribution < 1.29 is 4.74 Å². The Kier molecular flexibility index (Phi) is 7.31. The minimum absolute atomic E-state index is 0. The van der Waals surface area contributed by atoms with Crippen LogP contribution in [0.15, 0.2) is 35.3 Å². The molecule has 0 fully saturated rings. The molecule has 0 bridgehead atoms.